The molecule has 1 aliphatic rings. The zero-order chi connectivity index (χ0) is 24.5. The lowest BCUT2D eigenvalue weighted by atomic mass is 10.0. The van der Waals surface area contributed by atoms with Gasteiger partial charge in [-0.3, -0.25) is 14.5 Å². The minimum absolute atomic E-state index is 0.0226. The number of amides is 2. The fraction of sp³-hybridized carbons (Fsp3) is 0.480. The van der Waals surface area contributed by atoms with Gasteiger partial charge in [-0.25, -0.2) is 4.79 Å². The maximum Gasteiger partial charge on any atom is 0.326 e. The van der Waals surface area contributed by atoms with E-state index >= 15 is 0 Å². The van der Waals surface area contributed by atoms with Gasteiger partial charge in [0.15, 0.2) is 0 Å². The number of nitrogens with one attached hydrogen (secondary N) is 1. The van der Waals surface area contributed by atoms with Crippen molar-refractivity contribution in [3.8, 4) is 0 Å². The number of carboxylic acid groups (broad SMARTS) is 1. The number of likely N-dealkylation sites (tertiary alicyclic amines) is 1. The molecule has 0 aromatic heterocycles. The quantitative estimate of drug-likeness (QED) is 0.420. The molecule has 2 amide bonds. The zero-order valence-electron chi connectivity index (χ0n) is 19.6. The molecule has 2 atom stereocenters. The zero-order valence-corrected chi connectivity index (χ0v) is 20.4. The van der Waals surface area contributed by atoms with E-state index in [-0.39, 0.29) is 30.9 Å². The molecule has 0 bridgehead atoms. The number of nitrogens with zero attached hydrogens (tertiary/aromatic N) is 2. The first-order valence-electron chi connectivity index (χ1n) is 11.6. The van der Waals surface area contributed by atoms with Crippen molar-refractivity contribution in [2.45, 2.75) is 37.9 Å². The highest BCUT2D eigenvalue weighted by Gasteiger charge is 2.30. The molecule has 1 aliphatic heterocycles. The molecule has 1 fully saturated rings. The van der Waals surface area contributed by atoms with E-state index < -0.39 is 12.0 Å². The molecule has 0 aliphatic carbocycles. The van der Waals surface area contributed by atoms with Crippen molar-refractivity contribution in [2.24, 2.45) is 5.73 Å². The van der Waals surface area contributed by atoms with Crippen LogP contribution in [0.5, 0.6) is 0 Å². The summed E-state index contributed by atoms with van der Waals surface area (Å²) in [5.41, 5.74) is 6.69. The highest BCUT2D eigenvalue weighted by molar-refractivity contribution is 7.98. The van der Waals surface area contributed by atoms with E-state index in [4.69, 9.17) is 5.73 Å². The van der Waals surface area contributed by atoms with E-state index in [9.17, 15) is 19.5 Å². The Hall–Kier alpha value is -2.62. The van der Waals surface area contributed by atoms with Crippen molar-refractivity contribution in [3.05, 3.63) is 48.0 Å². The Morgan fingerprint density at radius 2 is 2.00 bits per heavy atom. The third-order valence-electron chi connectivity index (χ3n) is 6.23. The number of nitrogens with two attached hydrogens (primary N) is 1. The van der Waals surface area contributed by atoms with Crippen LogP contribution in [0.1, 0.15) is 24.8 Å². The molecular formula is C25H34N4O4S. The van der Waals surface area contributed by atoms with Gasteiger partial charge in [-0.05, 0) is 47.6 Å². The van der Waals surface area contributed by atoms with E-state index in [1.54, 1.807) is 11.8 Å². The van der Waals surface area contributed by atoms with Crippen molar-refractivity contribution >= 4 is 40.3 Å². The van der Waals surface area contributed by atoms with Crippen molar-refractivity contribution in [3.63, 3.8) is 0 Å². The molecule has 8 nitrogen and oxygen atoms in total. The second kappa shape index (κ2) is 12.7. The Labute approximate surface area is 204 Å². The van der Waals surface area contributed by atoms with Gasteiger partial charge in [0, 0.05) is 25.7 Å². The Morgan fingerprint density at radius 3 is 2.74 bits per heavy atom. The normalized spacial score (nSPS) is 16.7. The number of hydrogen-bond acceptors (Lipinski definition) is 6. The van der Waals surface area contributed by atoms with Crippen molar-refractivity contribution in [2.75, 3.05) is 38.2 Å². The van der Waals surface area contributed by atoms with Crippen molar-refractivity contribution in [1.82, 2.24) is 15.1 Å². The van der Waals surface area contributed by atoms with Crippen LogP contribution in [-0.4, -0.2) is 83.0 Å². The van der Waals surface area contributed by atoms with Crippen LogP contribution in [0.25, 0.3) is 10.8 Å². The maximum atomic E-state index is 12.9. The van der Waals surface area contributed by atoms with Gasteiger partial charge in [-0.1, -0.05) is 42.5 Å². The summed E-state index contributed by atoms with van der Waals surface area (Å²) in [7, 11) is 0. The molecule has 2 aromatic carbocycles. The van der Waals surface area contributed by atoms with Gasteiger partial charge in [0.2, 0.25) is 11.8 Å². The monoisotopic (exact) mass is 486 g/mol. The van der Waals surface area contributed by atoms with Crippen molar-refractivity contribution < 1.29 is 19.5 Å². The van der Waals surface area contributed by atoms with Crippen LogP contribution < -0.4 is 11.1 Å². The fourth-order valence-corrected chi connectivity index (χ4v) is 5.03. The number of fused-ring (bicyclic) bond motifs is 1. The lowest BCUT2D eigenvalue weighted by Gasteiger charge is -2.31. The Bertz CT molecular complexity index is 997. The molecular weight excluding hydrogens is 452 g/mol. The van der Waals surface area contributed by atoms with Gasteiger partial charge < -0.3 is 21.1 Å². The number of thioether (sulfide) groups is 1. The molecule has 0 radical (unpaired) electrons. The second-order valence-corrected chi connectivity index (χ2v) is 9.62. The molecule has 34 heavy (non-hydrogen) atoms. The number of benzene rings is 2. The summed E-state index contributed by atoms with van der Waals surface area (Å²) >= 11 is 1.54. The van der Waals surface area contributed by atoms with Gasteiger partial charge in [0.05, 0.1) is 13.1 Å². The maximum absolute atomic E-state index is 12.9. The van der Waals surface area contributed by atoms with E-state index in [0.29, 0.717) is 31.8 Å². The van der Waals surface area contributed by atoms with Gasteiger partial charge >= 0.3 is 5.97 Å². The molecule has 4 N–H and O–H groups in total. The Morgan fingerprint density at radius 1 is 1.24 bits per heavy atom. The van der Waals surface area contributed by atoms with Gasteiger partial charge in [-0.15, -0.1) is 0 Å². The Balaban J connectivity index is 1.79. The first-order chi connectivity index (χ1) is 16.4. The molecule has 1 unspecified atom stereocenters. The lowest BCUT2D eigenvalue weighted by Crippen LogP contribution is -2.49. The first-order valence-corrected chi connectivity index (χ1v) is 13.0. The highest BCUT2D eigenvalue weighted by atomic mass is 32.2. The SMILES string of the molecule is CSCC[C@H](NC(=O)CN(Cc1cccc2ccccc12)CC1CCCN1C(=O)CN)C(=O)O. The number of aliphatic carboxylic acids is 1. The minimum Gasteiger partial charge on any atom is -0.480 e. The molecule has 184 valence electrons. The second-order valence-electron chi connectivity index (χ2n) is 8.64. The predicted molar refractivity (Wildman–Crippen MR) is 136 cm³/mol. The number of rotatable bonds is 12. The molecule has 9 heteroatoms. The third kappa shape index (κ3) is 6.94. The fourth-order valence-electron chi connectivity index (χ4n) is 4.56. The predicted octanol–water partition coefficient (Wildman–Crippen LogP) is 1.91. The summed E-state index contributed by atoms with van der Waals surface area (Å²) in [6, 6.07) is 13.3. The topological polar surface area (TPSA) is 116 Å². The Kier molecular flexibility index (Phi) is 9.74. The summed E-state index contributed by atoms with van der Waals surface area (Å²) in [5.74, 6) is -0.795. The average Bonchev–Trinajstić information content (AvgIpc) is 3.29. The average molecular weight is 487 g/mol. The summed E-state index contributed by atoms with van der Waals surface area (Å²) in [6.07, 6.45) is 4.03. The van der Waals surface area contributed by atoms with Crippen LogP contribution in [0.15, 0.2) is 42.5 Å². The van der Waals surface area contributed by atoms with E-state index in [2.05, 4.69) is 23.5 Å². The summed E-state index contributed by atoms with van der Waals surface area (Å²) in [5, 5.41) is 14.4. The van der Waals surface area contributed by atoms with Gasteiger partial charge in [0.25, 0.3) is 0 Å². The number of hydrogen-bond donors (Lipinski definition) is 3. The largest absolute Gasteiger partial charge is 0.480 e. The summed E-state index contributed by atoms with van der Waals surface area (Å²) in [6.45, 7) is 1.72. The summed E-state index contributed by atoms with van der Waals surface area (Å²) < 4.78 is 0. The number of carbonyl (C=O) groups excluding carboxylic acids is 2. The van der Waals surface area contributed by atoms with Gasteiger partial charge in [0.1, 0.15) is 6.04 Å². The smallest absolute Gasteiger partial charge is 0.326 e. The molecule has 0 saturated carbocycles. The molecule has 1 heterocycles. The third-order valence-corrected chi connectivity index (χ3v) is 6.87. The summed E-state index contributed by atoms with van der Waals surface area (Å²) in [4.78, 5) is 40.6. The van der Waals surface area contributed by atoms with Crippen LogP contribution >= 0.6 is 11.8 Å². The standard InChI is InChI=1S/C25H34N4O4S/c1-34-13-11-22(25(32)33)27-23(30)17-28(16-20-9-5-12-29(20)24(31)14-26)15-19-8-4-7-18-6-2-3-10-21(18)19/h2-4,6-8,10,20,22H,5,9,11-17,26H2,1H3,(H,27,30)(H,32,33)/t20?,22-/m0/s1. The highest BCUT2D eigenvalue weighted by Crippen LogP contribution is 2.23. The molecule has 2 aromatic rings. The number of carboxylic acids is 1. The lowest BCUT2D eigenvalue weighted by molar-refractivity contribution is -0.142. The van der Waals surface area contributed by atoms with Crippen LogP contribution in [-0.2, 0) is 20.9 Å². The van der Waals surface area contributed by atoms with Crippen molar-refractivity contribution in [1.29, 1.82) is 0 Å². The van der Waals surface area contributed by atoms with E-state index in [0.717, 1.165) is 29.2 Å². The molecule has 1 saturated heterocycles. The molecule has 0 spiro atoms. The van der Waals surface area contributed by atoms with Crippen LogP contribution in [0.2, 0.25) is 0 Å². The van der Waals surface area contributed by atoms with Crippen LogP contribution in [0.3, 0.4) is 0 Å². The van der Waals surface area contributed by atoms with Crippen LogP contribution in [0.4, 0.5) is 0 Å². The van der Waals surface area contributed by atoms with E-state index in [1.165, 1.54) is 0 Å². The van der Waals surface area contributed by atoms with Crippen LogP contribution in [0, 0.1) is 0 Å². The first kappa shape index (κ1) is 26.0. The molecule has 3 rings (SSSR count). The van der Waals surface area contributed by atoms with Gasteiger partial charge in [-0.2, -0.15) is 11.8 Å². The number of carbonyl (C=O) groups is 3. The van der Waals surface area contributed by atoms with E-state index in [1.807, 2.05) is 40.3 Å². The minimum atomic E-state index is -1.03.